The number of nitrogens with zero attached hydrogens (tertiary/aromatic N) is 1. The van der Waals surface area contributed by atoms with E-state index in [2.05, 4.69) is 15.3 Å². The van der Waals surface area contributed by atoms with Gasteiger partial charge in [0.05, 0.1) is 11.9 Å². The molecule has 2 rings (SSSR count). The molecule has 1 heterocycles. The van der Waals surface area contributed by atoms with Crippen molar-refractivity contribution in [2.24, 2.45) is 0 Å². The van der Waals surface area contributed by atoms with Gasteiger partial charge in [0.15, 0.2) is 0 Å². The highest BCUT2D eigenvalue weighted by Crippen LogP contribution is 2.06. The lowest BCUT2D eigenvalue weighted by atomic mass is 10.1. The summed E-state index contributed by atoms with van der Waals surface area (Å²) >= 11 is 0. The number of carbonyl (C=O) groups is 1. The molecule has 0 aliphatic rings. The van der Waals surface area contributed by atoms with E-state index in [4.69, 9.17) is 5.11 Å². The van der Waals surface area contributed by atoms with Gasteiger partial charge in [-0.3, -0.25) is 4.79 Å². The van der Waals surface area contributed by atoms with Crippen LogP contribution in [0.3, 0.4) is 0 Å². The third kappa shape index (κ3) is 2.94. The van der Waals surface area contributed by atoms with Gasteiger partial charge in [0, 0.05) is 12.6 Å². The van der Waals surface area contributed by atoms with E-state index in [1.165, 1.54) is 24.5 Å². The third-order valence-electron chi connectivity index (χ3n) is 2.35. The van der Waals surface area contributed by atoms with Gasteiger partial charge in [-0.15, -0.1) is 0 Å². The number of H-pyrrole nitrogens is 1. The van der Waals surface area contributed by atoms with E-state index in [1.807, 2.05) is 0 Å². The van der Waals surface area contributed by atoms with E-state index in [0.717, 1.165) is 5.56 Å². The lowest BCUT2D eigenvalue weighted by Crippen LogP contribution is -2.09. The van der Waals surface area contributed by atoms with E-state index in [1.54, 1.807) is 12.1 Å². The van der Waals surface area contributed by atoms with Crippen molar-refractivity contribution in [3.8, 4) is 0 Å². The third-order valence-corrected chi connectivity index (χ3v) is 2.35. The molecular weight excluding hydrogens is 234 g/mol. The fourth-order valence-electron chi connectivity index (χ4n) is 1.42. The zero-order valence-electron chi connectivity index (χ0n) is 9.38. The van der Waals surface area contributed by atoms with Gasteiger partial charge in [-0.25, -0.2) is 9.78 Å². The highest BCUT2D eigenvalue weighted by Gasteiger charge is 2.01. The van der Waals surface area contributed by atoms with Gasteiger partial charge in [0.2, 0.25) is 0 Å². The van der Waals surface area contributed by atoms with Gasteiger partial charge in [0.1, 0.15) is 5.82 Å². The molecule has 92 valence electrons. The summed E-state index contributed by atoms with van der Waals surface area (Å²) in [5.74, 6) is -0.480. The molecule has 0 aliphatic carbocycles. The van der Waals surface area contributed by atoms with Crippen molar-refractivity contribution in [3.05, 3.63) is 58.1 Å². The summed E-state index contributed by atoms with van der Waals surface area (Å²) < 4.78 is 0. The van der Waals surface area contributed by atoms with Crippen LogP contribution < -0.4 is 10.9 Å². The van der Waals surface area contributed by atoms with E-state index in [-0.39, 0.29) is 11.1 Å². The summed E-state index contributed by atoms with van der Waals surface area (Å²) in [5.41, 5.74) is 0.920. The standard InChI is InChI=1S/C12H11N3O3/c16-11-5-10(14-7-15-11)13-6-8-1-3-9(4-2-8)12(17)18/h1-5,7H,6H2,(H,17,18)(H2,13,14,15,16). The summed E-state index contributed by atoms with van der Waals surface area (Å²) in [5, 5.41) is 11.7. The Morgan fingerprint density at radius 3 is 2.67 bits per heavy atom. The van der Waals surface area contributed by atoms with Crippen LogP contribution in [0.15, 0.2) is 41.5 Å². The Bertz CT molecular complexity index is 604. The molecule has 1 aromatic heterocycles. The topological polar surface area (TPSA) is 95.1 Å². The maximum absolute atomic E-state index is 11.0. The molecule has 18 heavy (non-hydrogen) atoms. The molecule has 0 radical (unpaired) electrons. The van der Waals surface area contributed by atoms with Crippen molar-refractivity contribution in [2.75, 3.05) is 5.32 Å². The predicted molar refractivity (Wildman–Crippen MR) is 65.6 cm³/mol. The molecule has 2 aromatic rings. The number of aromatic carboxylic acids is 1. The molecule has 0 atom stereocenters. The Morgan fingerprint density at radius 2 is 2.06 bits per heavy atom. The zero-order valence-corrected chi connectivity index (χ0v) is 9.38. The number of carboxylic acid groups (broad SMARTS) is 1. The maximum atomic E-state index is 11.0. The quantitative estimate of drug-likeness (QED) is 0.749. The SMILES string of the molecule is O=C(O)c1ccc(CNc2cc(=O)[nH]cn2)cc1. The summed E-state index contributed by atoms with van der Waals surface area (Å²) in [4.78, 5) is 28.0. The van der Waals surface area contributed by atoms with Crippen LogP contribution in [0.4, 0.5) is 5.82 Å². The summed E-state index contributed by atoms with van der Waals surface area (Å²) in [6, 6.07) is 7.84. The predicted octanol–water partition coefficient (Wildman–Crippen LogP) is 1.08. The molecule has 0 spiro atoms. The number of nitrogens with one attached hydrogen (secondary N) is 2. The molecule has 0 fully saturated rings. The molecule has 6 heteroatoms. The van der Waals surface area contributed by atoms with E-state index < -0.39 is 5.97 Å². The molecule has 6 nitrogen and oxygen atoms in total. The van der Waals surface area contributed by atoms with Gasteiger partial charge < -0.3 is 15.4 Å². The van der Waals surface area contributed by atoms with Crippen LogP contribution in [0.1, 0.15) is 15.9 Å². The van der Waals surface area contributed by atoms with Crippen molar-refractivity contribution in [2.45, 2.75) is 6.54 Å². The Labute approximate surface area is 102 Å². The first-order chi connectivity index (χ1) is 8.65. The number of rotatable bonds is 4. The molecule has 3 N–H and O–H groups in total. The van der Waals surface area contributed by atoms with E-state index in [0.29, 0.717) is 12.4 Å². The first-order valence-corrected chi connectivity index (χ1v) is 5.26. The smallest absolute Gasteiger partial charge is 0.335 e. The van der Waals surface area contributed by atoms with Crippen molar-refractivity contribution >= 4 is 11.8 Å². The van der Waals surface area contributed by atoms with Crippen LogP contribution in [-0.4, -0.2) is 21.0 Å². The number of aromatic amines is 1. The number of aromatic nitrogens is 2. The van der Waals surface area contributed by atoms with Crippen molar-refractivity contribution in [1.82, 2.24) is 9.97 Å². The minimum Gasteiger partial charge on any atom is -0.478 e. The van der Waals surface area contributed by atoms with Crippen molar-refractivity contribution < 1.29 is 9.90 Å². The first-order valence-electron chi connectivity index (χ1n) is 5.26. The zero-order chi connectivity index (χ0) is 13.0. The van der Waals surface area contributed by atoms with Gasteiger partial charge >= 0.3 is 5.97 Å². The Balaban J connectivity index is 2.02. The van der Waals surface area contributed by atoms with Crippen LogP contribution in [0, 0.1) is 0 Å². The van der Waals surface area contributed by atoms with Crippen molar-refractivity contribution in [3.63, 3.8) is 0 Å². The lowest BCUT2D eigenvalue weighted by Gasteiger charge is -2.05. The van der Waals surface area contributed by atoms with Gasteiger partial charge in [-0.2, -0.15) is 0 Å². The van der Waals surface area contributed by atoms with Crippen LogP contribution in [0.5, 0.6) is 0 Å². The molecule has 0 aliphatic heterocycles. The molecular formula is C12H11N3O3. The second kappa shape index (κ2) is 5.13. The number of hydrogen-bond acceptors (Lipinski definition) is 4. The second-order valence-corrected chi connectivity index (χ2v) is 3.65. The first kappa shape index (κ1) is 11.8. The number of hydrogen-bond donors (Lipinski definition) is 3. The summed E-state index contributed by atoms with van der Waals surface area (Å²) in [6.07, 6.45) is 1.32. The minimum absolute atomic E-state index is 0.228. The number of anilines is 1. The fourth-order valence-corrected chi connectivity index (χ4v) is 1.42. The molecule has 0 unspecified atom stereocenters. The Hall–Kier alpha value is -2.63. The van der Waals surface area contributed by atoms with Crippen molar-refractivity contribution in [1.29, 1.82) is 0 Å². The summed E-state index contributed by atoms with van der Waals surface area (Å²) in [7, 11) is 0. The molecule has 0 saturated carbocycles. The summed E-state index contributed by atoms with van der Waals surface area (Å²) in [6.45, 7) is 0.469. The lowest BCUT2D eigenvalue weighted by molar-refractivity contribution is 0.0697. The van der Waals surface area contributed by atoms with Gasteiger partial charge in [-0.1, -0.05) is 12.1 Å². The Kier molecular flexibility index (Phi) is 3.38. The monoisotopic (exact) mass is 245 g/mol. The van der Waals surface area contributed by atoms with E-state index >= 15 is 0 Å². The van der Waals surface area contributed by atoms with Gasteiger partial charge in [0.25, 0.3) is 5.56 Å². The average Bonchev–Trinajstić information content (AvgIpc) is 2.37. The Morgan fingerprint density at radius 1 is 1.33 bits per heavy atom. The molecule has 0 amide bonds. The van der Waals surface area contributed by atoms with Crippen LogP contribution in [0.25, 0.3) is 0 Å². The van der Waals surface area contributed by atoms with Crippen LogP contribution in [-0.2, 0) is 6.54 Å². The molecule has 0 bridgehead atoms. The number of carboxylic acids is 1. The normalized spacial score (nSPS) is 10.0. The highest BCUT2D eigenvalue weighted by molar-refractivity contribution is 5.87. The molecule has 1 aromatic carbocycles. The average molecular weight is 245 g/mol. The largest absolute Gasteiger partial charge is 0.478 e. The van der Waals surface area contributed by atoms with E-state index in [9.17, 15) is 9.59 Å². The van der Waals surface area contributed by atoms with Crippen LogP contribution >= 0.6 is 0 Å². The minimum atomic E-state index is -0.953. The molecule has 0 saturated heterocycles. The highest BCUT2D eigenvalue weighted by atomic mass is 16.4. The van der Waals surface area contributed by atoms with Crippen LogP contribution in [0.2, 0.25) is 0 Å². The number of benzene rings is 1. The second-order valence-electron chi connectivity index (χ2n) is 3.65. The fraction of sp³-hybridized carbons (Fsp3) is 0.0833. The maximum Gasteiger partial charge on any atom is 0.335 e. The van der Waals surface area contributed by atoms with Gasteiger partial charge in [-0.05, 0) is 17.7 Å².